The molecular weight excluding hydrogens is 380 g/mol. The van der Waals surface area contributed by atoms with Gasteiger partial charge in [0.1, 0.15) is 11.4 Å². The molecule has 4 heterocycles. The fourth-order valence-electron chi connectivity index (χ4n) is 3.73. The second kappa shape index (κ2) is 8.58. The molecule has 3 aromatic rings. The summed E-state index contributed by atoms with van der Waals surface area (Å²) in [5.74, 6) is -0.553. The average molecular weight is 406 g/mol. The van der Waals surface area contributed by atoms with Crippen molar-refractivity contribution in [3.05, 3.63) is 48.2 Å². The Kier molecular flexibility index (Phi) is 5.71. The van der Waals surface area contributed by atoms with Crippen molar-refractivity contribution in [1.29, 1.82) is 0 Å². The molecule has 1 saturated heterocycles. The topological polar surface area (TPSA) is 106 Å². The zero-order valence-corrected chi connectivity index (χ0v) is 17.3. The van der Waals surface area contributed by atoms with E-state index >= 15 is 0 Å². The van der Waals surface area contributed by atoms with Crippen LogP contribution >= 0.6 is 0 Å². The van der Waals surface area contributed by atoms with Crippen LogP contribution in [0.3, 0.4) is 0 Å². The zero-order chi connectivity index (χ0) is 21.1. The lowest BCUT2D eigenvalue weighted by Gasteiger charge is -2.35. The summed E-state index contributed by atoms with van der Waals surface area (Å²) in [5.41, 5.74) is 9.67. The minimum atomic E-state index is -0.553. The Hall–Kier alpha value is -3.33. The summed E-state index contributed by atoms with van der Waals surface area (Å²) in [6.07, 6.45) is 6.73. The van der Waals surface area contributed by atoms with Gasteiger partial charge in [0.25, 0.3) is 5.91 Å². The number of pyridine rings is 2. The van der Waals surface area contributed by atoms with Gasteiger partial charge in [0.15, 0.2) is 0 Å². The molecular formula is C21H26N8O. The number of rotatable bonds is 6. The highest BCUT2D eigenvalue weighted by Crippen LogP contribution is 2.24. The van der Waals surface area contributed by atoms with Gasteiger partial charge in [-0.1, -0.05) is 12.1 Å². The molecule has 0 aromatic carbocycles. The van der Waals surface area contributed by atoms with Crippen molar-refractivity contribution < 1.29 is 4.79 Å². The van der Waals surface area contributed by atoms with E-state index in [1.165, 1.54) is 6.42 Å². The first-order valence-corrected chi connectivity index (χ1v) is 10.2. The van der Waals surface area contributed by atoms with E-state index in [9.17, 15) is 4.79 Å². The van der Waals surface area contributed by atoms with Crippen LogP contribution in [0.5, 0.6) is 0 Å². The first-order chi connectivity index (χ1) is 14.5. The number of anilines is 1. The Labute approximate surface area is 175 Å². The third-order valence-corrected chi connectivity index (χ3v) is 5.35. The summed E-state index contributed by atoms with van der Waals surface area (Å²) >= 11 is 0. The molecule has 4 rings (SSSR count). The summed E-state index contributed by atoms with van der Waals surface area (Å²) in [4.78, 5) is 24.8. The van der Waals surface area contributed by atoms with Gasteiger partial charge in [0, 0.05) is 37.9 Å². The molecule has 3 aromatic heterocycles. The van der Waals surface area contributed by atoms with E-state index in [2.05, 4.69) is 43.1 Å². The van der Waals surface area contributed by atoms with E-state index in [1.54, 1.807) is 23.0 Å². The van der Waals surface area contributed by atoms with Crippen LogP contribution in [0.4, 0.5) is 5.69 Å². The number of nitrogens with zero attached hydrogens (tertiary/aromatic N) is 7. The van der Waals surface area contributed by atoms with Crippen molar-refractivity contribution in [1.82, 2.24) is 29.9 Å². The van der Waals surface area contributed by atoms with Gasteiger partial charge in [-0.05, 0) is 38.1 Å². The lowest BCUT2D eigenvalue weighted by atomic mass is 10.2. The van der Waals surface area contributed by atoms with E-state index in [-0.39, 0.29) is 5.69 Å². The molecule has 1 amide bonds. The molecule has 0 aliphatic carbocycles. The van der Waals surface area contributed by atoms with E-state index in [4.69, 9.17) is 5.73 Å². The third-order valence-electron chi connectivity index (χ3n) is 5.35. The number of amides is 1. The Bertz CT molecular complexity index is 1040. The summed E-state index contributed by atoms with van der Waals surface area (Å²) in [7, 11) is 0. The Balaban J connectivity index is 1.53. The highest BCUT2D eigenvalue weighted by atomic mass is 16.1. The monoisotopic (exact) mass is 406 g/mol. The van der Waals surface area contributed by atoms with Gasteiger partial charge >= 0.3 is 0 Å². The lowest BCUT2D eigenvalue weighted by Crippen LogP contribution is -2.46. The standard InChI is InChI=1S/C21H26N8O/c1-3-6-27-7-9-28(10-8-27)17-11-16(12-23-13-17)19-14-29(26-25-19)20-5-4-18(21(22)30)24-15(20)2/h4-5,11-14H,3,6-10H2,1-2H3,(H2,22,30). The van der Waals surface area contributed by atoms with Gasteiger partial charge in [-0.15, -0.1) is 5.10 Å². The molecule has 2 N–H and O–H groups in total. The fourth-order valence-corrected chi connectivity index (χ4v) is 3.73. The van der Waals surface area contributed by atoms with Crippen LogP contribution in [-0.4, -0.2) is 68.5 Å². The van der Waals surface area contributed by atoms with E-state index in [1.807, 2.05) is 19.3 Å². The first kappa shape index (κ1) is 20.0. The molecule has 156 valence electrons. The number of aryl methyl sites for hydroxylation is 1. The highest BCUT2D eigenvalue weighted by molar-refractivity contribution is 5.90. The lowest BCUT2D eigenvalue weighted by molar-refractivity contribution is 0.0995. The van der Waals surface area contributed by atoms with Gasteiger partial charge < -0.3 is 10.6 Å². The second-order valence-electron chi connectivity index (χ2n) is 7.47. The number of hydrogen-bond acceptors (Lipinski definition) is 7. The van der Waals surface area contributed by atoms with Crippen molar-refractivity contribution in [2.45, 2.75) is 20.3 Å². The number of hydrogen-bond donors (Lipinski definition) is 1. The quantitative estimate of drug-likeness (QED) is 0.663. The molecule has 0 unspecified atom stereocenters. The Morgan fingerprint density at radius 1 is 1.17 bits per heavy atom. The average Bonchev–Trinajstić information content (AvgIpc) is 3.24. The minimum absolute atomic E-state index is 0.229. The van der Waals surface area contributed by atoms with Gasteiger partial charge in [-0.3, -0.25) is 14.7 Å². The van der Waals surface area contributed by atoms with Crippen LogP contribution in [-0.2, 0) is 0 Å². The molecule has 0 atom stereocenters. The van der Waals surface area contributed by atoms with Crippen LogP contribution in [0.15, 0.2) is 36.8 Å². The van der Waals surface area contributed by atoms with Gasteiger partial charge in [-0.2, -0.15) is 0 Å². The molecule has 0 spiro atoms. The van der Waals surface area contributed by atoms with Crippen LogP contribution in [0.2, 0.25) is 0 Å². The highest BCUT2D eigenvalue weighted by Gasteiger charge is 2.18. The number of carbonyl (C=O) groups is 1. The smallest absolute Gasteiger partial charge is 0.267 e. The van der Waals surface area contributed by atoms with Crippen LogP contribution in [0.1, 0.15) is 29.5 Å². The fraction of sp³-hybridized carbons (Fsp3) is 0.381. The van der Waals surface area contributed by atoms with Crippen LogP contribution < -0.4 is 10.6 Å². The van der Waals surface area contributed by atoms with Crippen LogP contribution in [0.25, 0.3) is 16.9 Å². The maximum atomic E-state index is 11.3. The Morgan fingerprint density at radius 3 is 2.67 bits per heavy atom. The number of nitrogens with two attached hydrogens (primary N) is 1. The van der Waals surface area contributed by atoms with Gasteiger partial charge in [0.2, 0.25) is 0 Å². The molecule has 1 aliphatic rings. The predicted octanol–water partition coefficient (Wildman–Crippen LogP) is 1.66. The number of aromatic nitrogens is 5. The molecule has 30 heavy (non-hydrogen) atoms. The first-order valence-electron chi connectivity index (χ1n) is 10.2. The van der Waals surface area contributed by atoms with Gasteiger partial charge in [-0.25, -0.2) is 9.67 Å². The molecule has 9 nitrogen and oxygen atoms in total. The third kappa shape index (κ3) is 4.16. The van der Waals surface area contributed by atoms with Crippen molar-refractivity contribution in [3.8, 4) is 16.9 Å². The summed E-state index contributed by atoms with van der Waals surface area (Å²) in [6, 6.07) is 5.47. The number of primary amides is 1. The maximum Gasteiger partial charge on any atom is 0.267 e. The van der Waals surface area contributed by atoms with Crippen molar-refractivity contribution in [2.75, 3.05) is 37.6 Å². The van der Waals surface area contributed by atoms with E-state index in [0.29, 0.717) is 5.69 Å². The normalized spacial score (nSPS) is 14.8. The van der Waals surface area contributed by atoms with Crippen molar-refractivity contribution in [3.63, 3.8) is 0 Å². The SMILES string of the molecule is CCCN1CCN(c2cncc(-c3cn(-c4ccc(C(N)=O)nc4C)nn3)c2)CC1. The van der Waals surface area contributed by atoms with Crippen molar-refractivity contribution >= 4 is 11.6 Å². The number of piperazine rings is 1. The summed E-state index contributed by atoms with van der Waals surface area (Å²) < 4.78 is 1.65. The predicted molar refractivity (Wildman–Crippen MR) is 115 cm³/mol. The van der Waals surface area contributed by atoms with Gasteiger partial charge in [0.05, 0.1) is 29.5 Å². The molecule has 9 heteroatoms. The summed E-state index contributed by atoms with van der Waals surface area (Å²) in [5, 5.41) is 8.54. The van der Waals surface area contributed by atoms with Crippen molar-refractivity contribution in [2.24, 2.45) is 5.73 Å². The van der Waals surface area contributed by atoms with E-state index < -0.39 is 5.91 Å². The molecule has 1 fully saturated rings. The zero-order valence-electron chi connectivity index (χ0n) is 17.3. The van der Waals surface area contributed by atoms with Crippen LogP contribution in [0, 0.1) is 6.92 Å². The summed E-state index contributed by atoms with van der Waals surface area (Å²) in [6.45, 7) is 9.32. The molecule has 0 bridgehead atoms. The largest absolute Gasteiger partial charge is 0.368 e. The maximum absolute atomic E-state index is 11.3. The molecule has 0 saturated carbocycles. The van der Waals surface area contributed by atoms with E-state index in [0.717, 1.165) is 55.4 Å². The molecule has 1 aliphatic heterocycles. The number of carbonyl (C=O) groups excluding carboxylic acids is 1. The second-order valence-corrected chi connectivity index (χ2v) is 7.47. The minimum Gasteiger partial charge on any atom is -0.368 e. The Morgan fingerprint density at radius 2 is 1.97 bits per heavy atom. The molecule has 0 radical (unpaired) electrons.